The number of Topliss-reactive ketones (excluding diaryl/α,β-unsaturated/α-hetero) is 1. The monoisotopic (exact) mass is 250 g/mol. The Kier molecular flexibility index (Phi) is 5.69. The van der Waals surface area contributed by atoms with Gasteiger partial charge in [-0.1, -0.05) is 13.3 Å². The van der Waals surface area contributed by atoms with Crippen molar-refractivity contribution in [1.29, 1.82) is 0 Å². The van der Waals surface area contributed by atoms with Crippen LogP contribution in [-0.2, 0) is 6.42 Å². The predicted molar refractivity (Wildman–Crippen MR) is 72.8 cm³/mol. The summed E-state index contributed by atoms with van der Waals surface area (Å²) in [5, 5.41) is 0. The predicted octanol–water partition coefficient (Wildman–Crippen LogP) is 3.64. The first-order valence-electron chi connectivity index (χ1n) is 6.57. The Labute approximate surface area is 109 Å². The van der Waals surface area contributed by atoms with E-state index in [0.717, 1.165) is 24.2 Å². The second-order valence-corrected chi connectivity index (χ2v) is 4.13. The van der Waals surface area contributed by atoms with Crippen molar-refractivity contribution in [3.8, 4) is 11.5 Å². The Balaban J connectivity index is 3.25. The average Bonchev–Trinajstić information content (AvgIpc) is 2.32. The van der Waals surface area contributed by atoms with E-state index in [0.29, 0.717) is 24.5 Å². The third kappa shape index (κ3) is 3.49. The SMILES string of the molecule is CCCc1cc(C(C)=O)c(OCC)cc1OCC. The van der Waals surface area contributed by atoms with Gasteiger partial charge in [-0.05, 0) is 38.8 Å². The van der Waals surface area contributed by atoms with Gasteiger partial charge in [-0.25, -0.2) is 0 Å². The lowest BCUT2D eigenvalue weighted by Crippen LogP contribution is -2.05. The Morgan fingerprint density at radius 2 is 1.67 bits per heavy atom. The fraction of sp³-hybridized carbons (Fsp3) is 0.533. The van der Waals surface area contributed by atoms with Gasteiger partial charge in [-0.15, -0.1) is 0 Å². The second kappa shape index (κ2) is 7.04. The summed E-state index contributed by atoms with van der Waals surface area (Å²) in [5.74, 6) is 1.47. The molecule has 3 nitrogen and oxygen atoms in total. The van der Waals surface area contributed by atoms with Gasteiger partial charge in [0.1, 0.15) is 11.5 Å². The molecule has 0 atom stereocenters. The van der Waals surface area contributed by atoms with Crippen LogP contribution >= 0.6 is 0 Å². The molecule has 0 N–H and O–H groups in total. The van der Waals surface area contributed by atoms with Crippen LogP contribution in [0.15, 0.2) is 12.1 Å². The van der Waals surface area contributed by atoms with Crippen LogP contribution < -0.4 is 9.47 Å². The van der Waals surface area contributed by atoms with Gasteiger partial charge in [0.2, 0.25) is 0 Å². The van der Waals surface area contributed by atoms with Crippen molar-refractivity contribution >= 4 is 5.78 Å². The first kappa shape index (κ1) is 14.6. The molecular formula is C15H22O3. The summed E-state index contributed by atoms with van der Waals surface area (Å²) in [7, 11) is 0. The standard InChI is InChI=1S/C15H22O3/c1-5-8-12-9-13(11(4)16)15(18-7-3)10-14(12)17-6-2/h9-10H,5-8H2,1-4H3. The third-order valence-corrected chi connectivity index (χ3v) is 2.66. The minimum atomic E-state index is 0.0267. The van der Waals surface area contributed by atoms with Crippen LogP contribution in [0.1, 0.15) is 50.0 Å². The summed E-state index contributed by atoms with van der Waals surface area (Å²) in [6, 6.07) is 3.75. The molecule has 0 spiro atoms. The largest absolute Gasteiger partial charge is 0.493 e. The molecular weight excluding hydrogens is 228 g/mol. The molecule has 0 fully saturated rings. The highest BCUT2D eigenvalue weighted by Gasteiger charge is 2.14. The summed E-state index contributed by atoms with van der Waals surface area (Å²) in [4.78, 5) is 11.6. The van der Waals surface area contributed by atoms with Crippen LogP contribution in [0.4, 0.5) is 0 Å². The van der Waals surface area contributed by atoms with Gasteiger partial charge in [-0.2, -0.15) is 0 Å². The van der Waals surface area contributed by atoms with Gasteiger partial charge in [0.15, 0.2) is 5.78 Å². The van der Waals surface area contributed by atoms with E-state index in [1.807, 2.05) is 26.0 Å². The first-order chi connectivity index (χ1) is 8.63. The zero-order valence-corrected chi connectivity index (χ0v) is 11.7. The fourth-order valence-electron chi connectivity index (χ4n) is 1.91. The Morgan fingerprint density at radius 3 is 2.17 bits per heavy atom. The van der Waals surface area contributed by atoms with Crippen molar-refractivity contribution in [2.24, 2.45) is 0 Å². The molecule has 3 heteroatoms. The molecule has 100 valence electrons. The van der Waals surface area contributed by atoms with Crippen molar-refractivity contribution < 1.29 is 14.3 Å². The van der Waals surface area contributed by atoms with E-state index in [9.17, 15) is 4.79 Å². The van der Waals surface area contributed by atoms with E-state index in [2.05, 4.69) is 6.92 Å². The fourth-order valence-corrected chi connectivity index (χ4v) is 1.91. The first-order valence-corrected chi connectivity index (χ1v) is 6.57. The lowest BCUT2D eigenvalue weighted by molar-refractivity contribution is 0.101. The number of carbonyl (C=O) groups excluding carboxylic acids is 1. The normalized spacial score (nSPS) is 10.2. The number of aryl methyl sites for hydroxylation is 1. The minimum absolute atomic E-state index is 0.0267. The molecule has 18 heavy (non-hydrogen) atoms. The molecule has 0 amide bonds. The maximum atomic E-state index is 11.6. The van der Waals surface area contributed by atoms with E-state index < -0.39 is 0 Å². The highest BCUT2D eigenvalue weighted by Crippen LogP contribution is 2.30. The molecule has 0 heterocycles. The number of ether oxygens (including phenoxy) is 2. The topological polar surface area (TPSA) is 35.5 Å². The second-order valence-electron chi connectivity index (χ2n) is 4.13. The summed E-state index contributed by atoms with van der Waals surface area (Å²) in [5.41, 5.74) is 1.72. The zero-order valence-electron chi connectivity index (χ0n) is 11.7. The lowest BCUT2D eigenvalue weighted by Gasteiger charge is -2.15. The number of hydrogen-bond acceptors (Lipinski definition) is 3. The third-order valence-electron chi connectivity index (χ3n) is 2.66. The molecule has 0 saturated heterocycles. The van der Waals surface area contributed by atoms with E-state index in [1.54, 1.807) is 6.92 Å². The highest BCUT2D eigenvalue weighted by atomic mass is 16.5. The van der Waals surface area contributed by atoms with Crippen LogP contribution in [0.5, 0.6) is 11.5 Å². The quantitative estimate of drug-likeness (QED) is 0.693. The van der Waals surface area contributed by atoms with Gasteiger partial charge < -0.3 is 9.47 Å². The van der Waals surface area contributed by atoms with Crippen molar-refractivity contribution in [2.45, 2.75) is 40.5 Å². The van der Waals surface area contributed by atoms with Crippen LogP contribution in [0.2, 0.25) is 0 Å². The molecule has 0 radical (unpaired) electrons. The van der Waals surface area contributed by atoms with E-state index in [1.165, 1.54) is 0 Å². The molecule has 0 bridgehead atoms. The van der Waals surface area contributed by atoms with Gasteiger partial charge in [0.25, 0.3) is 0 Å². The maximum Gasteiger partial charge on any atom is 0.163 e. The van der Waals surface area contributed by atoms with Crippen molar-refractivity contribution in [3.05, 3.63) is 23.3 Å². The van der Waals surface area contributed by atoms with Crippen LogP contribution in [0.3, 0.4) is 0 Å². The van der Waals surface area contributed by atoms with Gasteiger partial charge >= 0.3 is 0 Å². The van der Waals surface area contributed by atoms with E-state index in [-0.39, 0.29) is 5.78 Å². The molecule has 1 aromatic rings. The van der Waals surface area contributed by atoms with Crippen molar-refractivity contribution in [3.63, 3.8) is 0 Å². The van der Waals surface area contributed by atoms with Crippen molar-refractivity contribution in [2.75, 3.05) is 13.2 Å². The van der Waals surface area contributed by atoms with Crippen molar-refractivity contribution in [1.82, 2.24) is 0 Å². The molecule has 0 aromatic heterocycles. The molecule has 0 aliphatic carbocycles. The molecule has 1 aromatic carbocycles. The van der Waals surface area contributed by atoms with Crippen LogP contribution in [0, 0.1) is 0 Å². The highest BCUT2D eigenvalue weighted by molar-refractivity contribution is 5.97. The smallest absolute Gasteiger partial charge is 0.163 e. The molecule has 0 saturated carbocycles. The molecule has 1 rings (SSSR count). The molecule has 0 aliphatic rings. The number of rotatable bonds is 7. The van der Waals surface area contributed by atoms with Gasteiger partial charge in [0, 0.05) is 6.07 Å². The molecule has 0 aliphatic heterocycles. The summed E-state index contributed by atoms with van der Waals surface area (Å²) in [6.07, 6.45) is 1.92. The minimum Gasteiger partial charge on any atom is -0.493 e. The van der Waals surface area contributed by atoms with Gasteiger partial charge in [-0.3, -0.25) is 4.79 Å². The number of benzene rings is 1. The summed E-state index contributed by atoms with van der Waals surface area (Å²) in [6.45, 7) is 8.69. The van der Waals surface area contributed by atoms with Crippen LogP contribution in [0.25, 0.3) is 0 Å². The Morgan fingerprint density at radius 1 is 1.06 bits per heavy atom. The maximum absolute atomic E-state index is 11.6. The molecule has 0 unspecified atom stereocenters. The van der Waals surface area contributed by atoms with E-state index >= 15 is 0 Å². The summed E-state index contributed by atoms with van der Waals surface area (Å²) >= 11 is 0. The Hall–Kier alpha value is -1.51. The zero-order chi connectivity index (χ0) is 13.5. The number of carbonyl (C=O) groups is 1. The lowest BCUT2D eigenvalue weighted by atomic mass is 10.0. The van der Waals surface area contributed by atoms with Crippen LogP contribution in [-0.4, -0.2) is 19.0 Å². The number of hydrogen-bond donors (Lipinski definition) is 0. The van der Waals surface area contributed by atoms with E-state index in [4.69, 9.17) is 9.47 Å². The summed E-state index contributed by atoms with van der Waals surface area (Å²) < 4.78 is 11.1. The Bertz CT molecular complexity index is 410. The number of ketones is 1. The van der Waals surface area contributed by atoms with Gasteiger partial charge in [0.05, 0.1) is 18.8 Å². The average molecular weight is 250 g/mol.